The van der Waals surface area contributed by atoms with E-state index in [-0.39, 0.29) is 0 Å². The van der Waals surface area contributed by atoms with E-state index in [0.29, 0.717) is 10.9 Å². The van der Waals surface area contributed by atoms with Crippen LogP contribution in [0, 0.1) is 0 Å². The Morgan fingerprint density at radius 1 is 1.22 bits per heavy atom. The van der Waals surface area contributed by atoms with Gasteiger partial charge in [-0.2, -0.15) is 12.7 Å². The van der Waals surface area contributed by atoms with Crippen LogP contribution in [-0.2, 0) is 16.8 Å². The number of thioether (sulfide) groups is 2. The van der Waals surface area contributed by atoms with Gasteiger partial charge in [0.25, 0.3) is 0 Å². The molecule has 0 spiro atoms. The lowest BCUT2D eigenvalue weighted by Crippen LogP contribution is -2.25. The number of hydrogen-bond acceptors (Lipinski definition) is 4. The maximum absolute atomic E-state index is 12.0. The highest BCUT2D eigenvalue weighted by Gasteiger charge is 2.17. The average Bonchev–Trinajstić information content (AvgIpc) is 2.37. The molecule has 1 aromatic carbocycles. The Morgan fingerprint density at radius 2 is 1.78 bits per heavy atom. The summed E-state index contributed by atoms with van der Waals surface area (Å²) in [5.41, 5.74) is 0.939. The molecule has 0 N–H and O–H groups in total. The Labute approximate surface area is 117 Å². The van der Waals surface area contributed by atoms with Crippen molar-refractivity contribution in [3.63, 3.8) is 0 Å². The maximum Gasteiger partial charge on any atom is 0.323 e. The number of benzene rings is 1. The summed E-state index contributed by atoms with van der Waals surface area (Å²) >= 11 is 2.66. The monoisotopic (exact) mass is 304 g/mol. The van der Waals surface area contributed by atoms with Crippen LogP contribution in [0.4, 0.5) is 0 Å². The van der Waals surface area contributed by atoms with Crippen molar-refractivity contribution in [3.05, 3.63) is 35.9 Å². The maximum atomic E-state index is 12.0. The van der Waals surface area contributed by atoms with E-state index in [1.165, 1.54) is 34.9 Å². The minimum atomic E-state index is -3.60. The summed E-state index contributed by atoms with van der Waals surface area (Å²) < 4.78 is 29.5. The summed E-state index contributed by atoms with van der Waals surface area (Å²) in [7, 11) is -2.07. The largest absolute Gasteiger partial charge is 0.323 e. The average molecular weight is 304 g/mol. The fourth-order valence-electron chi connectivity index (χ4n) is 1.24. The first-order valence-electron chi connectivity index (χ1n) is 5.17. The van der Waals surface area contributed by atoms with Gasteiger partial charge in [-0.15, -0.1) is 27.9 Å². The lowest BCUT2D eigenvalue weighted by Gasteiger charge is -2.14. The van der Waals surface area contributed by atoms with Gasteiger partial charge < -0.3 is 0 Å². The van der Waals surface area contributed by atoms with Gasteiger partial charge in [-0.1, -0.05) is 30.3 Å². The van der Waals surface area contributed by atoms with E-state index in [0.717, 1.165) is 5.56 Å². The Hall–Kier alpha value is -0.500. The molecule has 0 aromatic heterocycles. The quantitative estimate of drug-likeness (QED) is 0.633. The van der Waals surface area contributed by atoms with Crippen molar-refractivity contribution < 1.29 is 8.42 Å². The molecule has 1 rings (SSSR count). The van der Waals surface area contributed by atoms with Crippen molar-refractivity contribution in [3.8, 4) is 0 Å². The lowest BCUT2D eigenvalue weighted by molar-refractivity contribution is 0.468. The van der Waals surface area contributed by atoms with Gasteiger partial charge in [0.15, 0.2) is 0 Å². The van der Waals surface area contributed by atoms with Crippen molar-refractivity contribution in [2.75, 3.05) is 19.6 Å². The molecule has 0 heterocycles. The summed E-state index contributed by atoms with van der Waals surface area (Å²) in [6, 6.07) is 9.44. The molecule has 4 nitrogen and oxygen atoms in total. The number of rotatable bonds is 4. The van der Waals surface area contributed by atoms with Gasteiger partial charge in [0.2, 0.25) is 0 Å². The van der Waals surface area contributed by atoms with Crippen molar-refractivity contribution >= 4 is 38.1 Å². The van der Waals surface area contributed by atoms with Gasteiger partial charge in [-0.05, 0) is 18.1 Å². The normalized spacial score (nSPS) is 11.6. The fourth-order valence-corrected chi connectivity index (χ4v) is 3.71. The Kier molecular flexibility index (Phi) is 6.20. The molecule has 0 fully saturated rings. The zero-order valence-corrected chi connectivity index (χ0v) is 13.0. The SMILES string of the molecule is CSC(=NS(=O)(=O)N(C)Cc1ccccc1)SC. The van der Waals surface area contributed by atoms with Crippen LogP contribution in [0.3, 0.4) is 0 Å². The second-order valence-corrected chi connectivity index (χ2v) is 7.03. The Bertz CT molecular complexity index is 494. The van der Waals surface area contributed by atoms with E-state index in [9.17, 15) is 8.42 Å². The molecule has 0 radical (unpaired) electrons. The highest BCUT2D eigenvalue weighted by atomic mass is 32.2. The zero-order valence-electron chi connectivity index (χ0n) is 10.5. The van der Waals surface area contributed by atoms with Crippen LogP contribution in [-0.4, -0.2) is 36.7 Å². The smallest absolute Gasteiger partial charge is 0.187 e. The topological polar surface area (TPSA) is 49.7 Å². The van der Waals surface area contributed by atoms with Gasteiger partial charge >= 0.3 is 10.2 Å². The molecular weight excluding hydrogens is 288 g/mol. The van der Waals surface area contributed by atoms with E-state index in [1.807, 2.05) is 42.8 Å². The summed E-state index contributed by atoms with van der Waals surface area (Å²) in [6.07, 6.45) is 3.62. The second-order valence-electron chi connectivity index (χ2n) is 3.48. The van der Waals surface area contributed by atoms with Crippen LogP contribution in [0.1, 0.15) is 5.56 Å². The predicted octanol–water partition coefficient (Wildman–Crippen LogP) is 2.45. The molecule has 0 bridgehead atoms. The van der Waals surface area contributed by atoms with Gasteiger partial charge in [-0.25, -0.2) is 0 Å². The van der Waals surface area contributed by atoms with E-state index in [1.54, 1.807) is 0 Å². The molecule has 100 valence electrons. The second kappa shape index (κ2) is 7.18. The van der Waals surface area contributed by atoms with Crippen molar-refractivity contribution in [2.45, 2.75) is 6.54 Å². The van der Waals surface area contributed by atoms with E-state index in [4.69, 9.17) is 0 Å². The van der Waals surface area contributed by atoms with Crippen LogP contribution in [0.2, 0.25) is 0 Å². The molecule has 1 aromatic rings. The number of nitrogens with zero attached hydrogens (tertiary/aromatic N) is 2. The fraction of sp³-hybridized carbons (Fsp3) is 0.364. The zero-order chi connectivity index (χ0) is 13.6. The molecule has 0 unspecified atom stereocenters. The first kappa shape index (κ1) is 15.6. The molecule has 7 heteroatoms. The first-order valence-corrected chi connectivity index (χ1v) is 9.02. The third kappa shape index (κ3) is 4.64. The Balaban J connectivity index is 2.83. The number of hydrogen-bond donors (Lipinski definition) is 0. The van der Waals surface area contributed by atoms with Crippen LogP contribution < -0.4 is 0 Å². The highest BCUT2D eigenvalue weighted by molar-refractivity contribution is 8.38. The molecule has 0 aliphatic rings. The van der Waals surface area contributed by atoms with E-state index < -0.39 is 10.2 Å². The Morgan fingerprint density at radius 3 is 2.28 bits per heavy atom. The van der Waals surface area contributed by atoms with E-state index >= 15 is 0 Å². The van der Waals surface area contributed by atoms with Crippen LogP contribution in [0.5, 0.6) is 0 Å². The lowest BCUT2D eigenvalue weighted by atomic mass is 10.2. The van der Waals surface area contributed by atoms with Gasteiger partial charge in [0, 0.05) is 13.6 Å². The summed E-state index contributed by atoms with van der Waals surface area (Å²) in [5.74, 6) is 0. The van der Waals surface area contributed by atoms with Gasteiger partial charge in [0.1, 0.15) is 4.38 Å². The summed E-state index contributed by atoms with van der Waals surface area (Å²) in [4.78, 5) is 0. The minimum Gasteiger partial charge on any atom is -0.187 e. The third-order valence-electron chi connectivity index (χ3n) is 2.18. The van der Waals surface area contributed by atoms with Crippen molar-refractivity contribution in [1.29, 1.82) is 0 Å². The molecule has 0 atom stereocenters. The van der Waals surface area contributed by atoms with Crippen LogP contribution >= 0.6 is 23.5 Å². The summed E-state index contributed by atoms with van der Waals surface area (Å²) in [6.45, 7) is 0.322. The predicted molar refractivity (Wildman–Crippen MR) is 81.3 cm³/mol. The molecule has 0 amide bonds. The van der Waals surface area contributed by atoms with Gasteiger partial charge in [-0.3, -0.25) is 0 Å². The first-order chi connectivity index (χ1) is 8.49. The molecule has 0 aliphatic carbocycles. The third-order valence-corrected chi connectivity index (χ3v) is 5.62. The molecule has 0 saturated heterocycles. The van der Waals surface area contributed by atoms with Crippen molar-refractivity contribution in [2.24, 2.45) is 4.40 Å². The summed E-state index contributed by atoms with van der Waals surface area (Å²) in [5, 5.41) is 0. The molecule has 0 aliphatic heterocycles. The van der Waals surface area contributed by atoms with Crippen molar-refractivity contribution in [1.82, 2.24) is 4.31 Å². The van der Waals surface area contributed by atoms with Crippen LogP contribution in [0.25, 0.3) is 0 Å². The van der Waals surface area contributed by atoms with Gasteiger partial charge in [0.05, 0.1) is 0 Å². The standard InChI is InChI=1S/C11H16N2O2S3/c1-13(9-10-7-5-4-6-8-10)18(14,15)12-11(16-2)17-3/h4-8H,9H2,1-3H3. The minimum absolute atomic E-state index is 0.322. The van der Waals surface area contributed by atoms with E-state index in [2.05, 4.69) is 4.40 Å². The van der Waals surface area contributed by atoms with Crippen LogP contribution in [0.15, 0.2) is 34.7 Å². The molecule has 18 heavy (non-hydrogen) atoms. The highest BCUT2D eigenvalue weighted by Crippen LogP contribution is 2.15. The molecular formula is C11H16N2O2S3. The molecule has 0 saturated carbocycles.